The number of methoxy groups -OCH3 is 1. The lowest BCUT2D eigenvalue weighted by Crippen LogP contribution is -2.13. The molecule has 2 atom stereocenters. The summed E-state index contributed by atoms with van der Waals surface area (Å²) < 4.78 is 5.15. The number of benzene rings is 1. The number of alkyl halides is 1. The molecule has 0 saturated carbocycles. The summed E-state index contributed by atoms with van der Waals surface area (Å²) in [6, 6.07) is 8.80. The number of aryl methyl sites for hydroxylation is 1. The first-order valence-electron chi connectivity index (χ1n) is 5.80. The molecule has 0 aromatic heterocycles. The van der Waals surface area contributed by atoms with E-state index in [9.17, 15) is 0 Å². The van der Waals surface area contributed by atoms with E-state index in [1.54, 1.807) is 7.11 Å². The van der Waals surface area contributed by atoms with Crippen LogP contribution in [-0.4, -0.2) is 19.0 Å². The van der Waals surface area contributed by atoms with Crippen molar-refractivity contribution in [3.63, 3.8) is 0 Å². The number of hydrogen-bond donors (Lipinski definition) is 0. The predicted molar refractivity (Wildman–Crippen MR) is 73.4 cm³/mol. The molecule has 0 aliphatic carbocycles. The molecule has 0 amide bonds. The second kappa shape index (κ2) is 7.08. The van der Waals surface area contributed by atoms with Gasteiger partial charge in [-0.25, -0.2) is 0 Å². The van der Waals surface area contributed by atoms with Gasteiger partial charge in [0.25, 0.3) is 0 Å². The van der Waals surface area contributed by atoms with Crippen LogP contribution in [0.1, 0.15) is 30.4 Å². The largest absolute Gasteiger partial charge is 0.385 e. The third kappa shape index (κ3) is 3.91. The lowest BCUT2D eigenvalue weighted by atomic mass is 9.86. The third-order valence-electron chi connectivity index (χ3n) is 3.10. The van der Waals surface area contributed by atoms with Crippen molar-refractivity contribution in [3.05, 3.63) is 35.4 Å². The SMILES string of the molecule is COCCC(C)C(CBr)c1cccc(C)c1. The van der Waals surface area contributed by atoms with Gasteiger partial charge in [-0.05, 0) is 30.7 Å². The lowest BCUT2D eigenvalue weighted by molar-refractivity contribution is 0.176. The Labute approximate surface area is 107 Å². The fourth-order valence-corrected chi connectivity index (χ4v) is 2.99. The summed E-state index contributed by atoms with van der Waals surface area (Å²) in [5.74, 6) is 1.22. The Kier molecular flexibility index (Phi) is 6.07. The number of hydrogen-bond acceptors (Lipinski definition) is 1. The molecule has 0 heterocycles. The standard InChI is InChI=1S/C14H21BrO/c1-11-5-4-6-13(9-11)14(10-15)12(2)7-8-16-3/h4-6,9,12,14H,7-8,10H2,1-3H3. The smallest absolute Gasteiger partial charge is 0.0465 e. The van der Waals surface area contributed by atoms with E-state index in [4.69, 9.17) is 4.74 Å². The number of ether oxygens (including phenoxy) is 1. The van der Waals surface area contributed by atoms with E-state index in [0.29, 0.717) is 11.8 Å². The minimum Gasteiger partial charge on any atom is -0.385 e. The van der Waals surface area contributed by atoms with Crippen LogP contribution in [-0.2, 0) is 4.74 Å². The van der Waals surface area contributed by atoms with Gasteiger partial charge in [-0.2, -0.15) is 0 Å². The monoisotopic (exact) mass is 284 g/mol. The average Bonchev–Trinajstić information content (AvgIpc) is 2.27. The summed E-state index contributed by atoms with van der Waals surface area (Å²) in [5, 5.41) is 1.02. The molecule has 90 valence electrons. The first-order chi connectivity index (χ1) is 7.69. The number of halogens is 1. The molecule has 1 aromatic carbocycles. The topological polar surface area (TPSA) is 9.23 Å². The van der Waals surface area contributed by atoms with E-state index in [0.717, 1.165) is 18.4 Å². The molecule has 0 fully saturated rings. The van der Waals surface area contributed by atoms with Gasteiger partial charge in [0.15, 0.2) is 0 Å². The lowest BCUT2D eigenvalue weighted by Gasteiger charge is -2.22. The van der Waals surface area contributed by atoms with E-state index in [1.807, 2.05) is 0 Å². The van der Waals surface area contributed by atoms with Gasteiger partial charge in [-0.1, -0.05) is 52.7 Å². The van der Waals surface area contributed by atoms with Crippen LogP contribution in [0.15, 0.2) is 24.3 Å². The van der Waals surface area contributed by atoms with Crippen LogP contribution in [0.5, 0.6) is 0 Å². The van der Waals surface area contributed by atoms with Crippen molar-refractivity contribution >= 4 is 15.9 Å². The molecule has 1 nitrogen and oxygen atoms in total. The highest BCUT2D eigenvalue weighted by molar-refractivity contribution is 9.09. The molecule has 2 heteroatoms. The van der Waals surface area contributed by atoms with Crippen LogP contribution in [0.3, 0.4) is 0 Å². The molecular weight excluding hydrogens is 264 g/mol. The van der Waals surface area contributed by atoms with Crippen LogP contribution >= 0.6 is 15.9 Å². The fraction of sp³-hybridized carbons (Fsp3) is 0.571. The molecule has 1 rings (SSSR count). The Bertz CT molecular complexity index is 311. The van der Waals surface area contributed by atoms with Crippen LogP contribution in [0.2, 0.25) is 0 Å². The van der Waals surface area contributed by atoms with Gasteiger partial charge < -0.3 is 4.74 Å². The molecule has 0 aliphatic heterocycles. The molecule has 0 saturated heterocycles. The molecular formula is C14H21BrO. The Balaban J connectivity index is 2.73. The molecule has 0 radical (unpaired) electrons. The molecule has 0 N–H and O–H groups in total. The molecule has 0 spiro atoms. The predicted octanol–water partition coefficient (Wildman–Crippen LogP) is 4.15. The van der Waals surface area contributed by atoms with Gasteiger partial charge in [-0.3, -0.25) is 0 Å². The summed E-state index contributed by atoms with van der Waals surface area (Å²) in [4.78, 5) is 0. The summed E-state index contributed by atoms with van der Waals surface area (Å²) >= 11 is 3.63. The molecule has 1 aromatic rings. The Hall–Kier alpha value is -0.340. The third-order valence-corrected chi connectivity index (χ3v) is 3.80. The van der Waals surface area contributed by atoms with Gasteiger partial charge in [0.1, 0.15) is 0 Å². The van der Waals surface area contributed by atoms with Crippen molar-refractivity contribution < 1.29 is 4.74 Å². The first kappa shape index (κ1) is 13.7. The quantitative estimate of drug-likeness (QED) is 0.714. The van der Waals surface area contributed by atoms with Gasteiger partial charge in [0.05, 0.1) is 0 Å². The fourth-order valence-electron chi connectivity index (χ4n) is 1.98. The van der Waals surface area contributed by atoms with Gasteiger partial charge in [0.2, 0.25) is 0 Å². The van der Waals surface area contributed by atoms with Crippen molar-refractivity contribution in [3.8, 4) is 0 Å². The highest BCUT2D eigenvalue weighted by atomic mass is 79.9. The van der Waals surface area contributed by atoms with Crippen LogP contribution in [0, 0.1) is 12.8 Å². The van der Waals surface area contributed by atoms with E-state index in [2.05, 4.69) is 54.0 Å². The maximum absolute atomic E-state index is 5.15. The van der Waals surface area contributed by atoms with Crippen LogP contribution in [0.4, 0.5) is 0 Å². The number of rotatable bonds is 6. The maximum atomic E-state index is 5.15. The normalized spacial score (nSPS) is 14.8. The summed E-state index contributed by atoms with van der Waals surface area (Å²) in [6.45, 7) is 5.29. The van der Waals surface area contributed by atoms with Gasteiger partial charge in [-0.15, -0.1) is 0 Å². The van der Waals surface area contributed by atoms with E-state index in [1.165, 1.54) is 11.1 Å². The summed E-state index contributed by atoms with van der Waals surface area (Å²) in [5.41, 5.74) is 2.77. The summed E-state index contributed by atoms with van der Waals surface area (Å²) in [6.07, 6.45) is 1.11. The van der Waals surface area contributed by atoms with Crippen molar-refractivity contribution in [2.75, 3.05) is 19.0 Å². The van der Waals surface area contributed by atoms with Crippen molar-refractivity contribution in [1.82, 2.24) is 0 Å². The Morgan fingerprint density at radius 2 is 2.12 bits per heavy atom. The molecule has 2 unspecified atom stereocenters. The van der Waals surface area contributed by atoms with Gasteiger partial charge >= 0.3 is 0 Å². The second-order valence-electron chi connectivity index (χ2n) is 4.43. The van der Waals surface area contributed by atoms with E-state index in [-0.39, 0.29) is 0 Å². The van der Waals surface area contributed by atoms with Crippen molar-refractivity contribution in [1.29, 1.82) is 0 Å². The van der Waals surface area contributed by atoms with Crippen LogP contribution in [0.25, 0.3) is 0 Å². The van der Waals surface area contributed by atoms with Crippen molar-refractivity contribution in [2.45, 2.75) is 26.2 Å². The average molecular weight is 285 g/mol. The zero-order valence-corrected chi connectivity index (χ0v) is 12.0. The Morgan fingerprint density at radius 1 is 1.38 bits per heavy atom. The first-order valence-corrected chi connectivity index (χ1v) is 6.92. The van der Waals surface area contributed by atoms with Gasteiger partial charge in [0, 0.05) is 19.0 Å². The van der Waals surface area contributed by atoms with E-state index < -0.39 is 0 Å². The zero-order chi connectivity index (χ0) is 12.0. The highest BCUT2D eigenvalue weighted by Crippen LogP contribution is 2.29. The zero-order valence-electron chi connectivity index (χ0n) is 10.4. The Morgan fingerprint density at radius 3 is 2.69 bits per heavy atom. The maximum Gasteiger partial charge on any atom is 0.0465 e. The van der Waals surface area contributed by atoms with Crippen LogP contribution < -0.4 is 0 Å². The van der Waals surface area contributed by atoms with Crippen molar-refractivity contribution in [2.24, 2.45) is 5.92 Å². The minimum absolute atomic E-state index is 0.579. The van der Waals surface area contributed by atoms with E-state index >= 15 is 0 Å². The molecule has 0 bridgehead atoms. The highest BCUT2D eigenvalue weighted by Gasteiger charge is 2.17. The molecule has 0 aliphatic rings. The second-order valence-corrected chi connectivity index (χ2v) is 5.08. The summed E-state index contributed by atoms with van der Waals surface area (Å²) in [7, 11) is 1.77. The molecule has 16 heavy (non-hydrogen) atoms. The minimum atomic E-state index is 0.579.